The molecular formula is C25H25N3O5S. The van der Waals surface area contributed by atoms with Crippen molar-refractivity contribution in [1.82, 2.24) is 4.90 Å². The minimum atomic E-state index is -0.713. The van der Waals surface area contributed by atoms with E-state index in [1.807, 2.05) is 37.4 Å². The Balaban J connectivity index is 1.83. The molecule has 1 N–H and O–H groups in total. The fourth-order valence-electron chi connectivity index (χ4n) is 4.36. The lowest BCUT2D eigenvalue weighted by atomic mass is 9.81. The van der Waals surface area contributed by atoms with E-state index >= 15 is 0 Å². The molecule has 1 aliphatic rings. The van der Waals surface area contributed by atoms with Gasteiger partial charge in [-0.1, -0.05) is 38.1 Å². The lowest BCUT2D eigenvalue weighted by Crippen LogP contribution is -2.47. The van der Waals surface area contributed by atoms with Crippen LogP contribution in [0.3, 0.4) is 0 Å². The fraction of sp³-hybridized carbons (Fsp3) is 0.280. The quantitative estimate of drug-likeness (QED) is 0.369. The Morgan fingerprint density at radius 3 is 2.62 bits per heavy atom. The second-order valence-electron chi connectivity index (χ2n) is 8.51. The second kappa shape index (κ2) is 9.64. The van der Waals surface area contributed by atoms with Crippen LogP contribution in [-0.2, 0) is 4.79 Å². The standard InChI is InChI=1S/C25H25N3O5S/c1-15(2)14-27-23(21-9-6-12-34-21)22(17-7-4-5-8-18(17)25(27)30)24(29)26-19-13-16(28(31)32)10-11-20(19)33-3/h4-13,15,22-23H,14H2,1-3H3,(H,26,29). The van der Waals surface area contributed by atoms with Gasteiger partial charge in [0.1, 0.15) is 5.75 Å². The van der Waals surface area contributed by atoms with Crippen molar-refractivity contribution in [2.45, 2.75) is 25.8 Å². The van der Waals surface area contributed by atoms with Crippen LogP contribution >= 0.6 is 11.3 Å². The van der Waals surface area contributed by atoms with E-state index in [1.165, 1.54) is 36.6 Å². The van der Waals surface area contributed by atoms with Crippen molar-refractivity contribution in [3.63, 3.8) is 0 Å². The summed E-state index contributed by atoms with van der Waals surface area (Å²) in [5, 5.41) is 16.1. The molecule has 4 rings (SSSR count). The number of rotatable bonds is 7. The van der Waals surface area contributed by atoms with Gasteiger partial charge in [0.25, 0.3) is 11.6 Å². The number of anilines is 1. The number of hydrogen-bond acceptors (Lipinski definition) is 6. The molecule has 0 saturated carbocycles. The zero-order chi connectivity index (χ0) is 24.4. The number of fused-ring (bicyclic) bond motifs is 1. The molecule has 3 aromatic rings. The Bertz CT molecular complexity index is 1230. The number of hydrogen-bond donors (Lipinski definition) is 1. The van der Waals surface area contributed by atoms with E-state index < -0.39 is 16.9 Å². The van der Waals surface area contributed by atoms with Crippen molar-refractivity contribution < 1.29 is 19.2 Å². The van der Waals surface area contributed by atoms with E-state index in [0.29, 0.717) is 23.4 Å². The summed E-state index contributed by atoms with van der Waals surface area (Å²) in [4.78, 5) is 40.8. The second-order valence-corrected chi connectivity index (χ2v) is 9.49. The number of benzene rings is 2. The summed E-state index contributed by atoms with van der Waals surface area (Å²) >= 11 is 1.49. The van der Waals surface area contributed by atoms with E-state index in [1.54, 1.807) is 23.1 Å². The third-order valence-corrected chi connectivity index (χ3v) is 6.71. The minimum Gasteiger partial charge on any atom is -0.495 e. The van der Waals surface area contributed by atoms with E-state index in [2.05, 4.69) is 5.32 Å². The SMILES string of the molecule is COc1ccc([N+](=O)[O-])cc1NC(=O)C1c2ccccc2C(=O)N(CC(C)C)C1c1cccs1. The molecule has 1 aromatic heterocycles. The van der Waals surface area contributed by atoms with Crippen molar-refractivity contribution in [3.05, 3.63) is 86.1 Å². The Kier molecular flexibility index (Phi) is 6.65. The average molecular weight is 480 g/mol. The Hall–Kier alpha value is -3.72. The first kappa shape index (κ1) is 23.4. The fourth-order valence-corrected chi connectivity index (χ4v) is 5.24. The molecule has 0 saturated heterocycles. The van der Waals surface area contributed by atoms with Gasteiger partial charge in [-0.05, 0) is 35.1 Å². The van der Waals surface area contributed by atoms with Gasteiger partial charge in [-0.25, -0.2) is 0 Å². The molecule has 2 aromatic carbocycles. The normalized spacial score (nSPS) is 17.4. The molecule has 8 nitrogen and oxygen atoms in total. The molecule has 0 spiro atoms. The van der Waals surface area contributed by atoms with Crippen LogP contribution < -0.4 is 10.1 Å². The molecule has 176 valence electrons. The molecule has 9 heteroatoms. The smallest absolute Gasteiger partial charge is 0.271 e. The van der Waals surface area contributed by atoms with Gasteiger partial charge in [0.15, 0.2) is 0 Å². The van der Waals surface area contributed by atoms with Gasteiger partial charge < -0.3 is 15.0 Å². The first-order valence-electron chi connectivity index (χ1n) is 10.9. The number of amides is 2. The molecule has 0 fully saturated rings. The van der Waals surface area contributed by atoms with Crippen LogP contribution in [0.4, 0.5) is 11.4 Å². The molecule has 0 aliphatic carbocycles. The summed E-state index contributed by atoms with van der Waals surface area (Å²) < 4.78 is 5.33. The van der Waals surface area contributed by atoms with Crippen LogP contribution in [0.1, 0.15) is 46.6 Å². The maximum absolute atomic E-state index is 13.9. The first-order chi connectivity index (χ1) is 16.3. The Labute approximate surface area is 201 Å². The van der Waals surface area contributed by atoms with Gasteiger partial charge >= 0.3 is 0 Å². The van der Waals surface area contributed by atoms with E-state index in [0.717, 1.165) is 4.88 Å². The summed E-state index contributed by atoms with van der Waals surface area (Å²) in [7, 11) is 1.43. The van der Waals surface area contributed by atoms with Crippen LogP contribution in [0, 0.1) is 16.0 Å². The molecule has 0 bridgehead atoms. The van der Waals surface area contributed by atoms with Gasteiger partial charge in [0.05, 0.1) is 29.7 Å². The Morgan fingerprint density at radius 1 is 1.21 bits per heavy atom. The van der Waals surface area contributed by atoms with Gasteiger partial charge in [-0.3, -0.25) is 19.7 Å². The zero-order valence-corrected chi connectivity index (χ0v) is 19.9. The topological polar surface area (TPSA) is 102 Å². The van der Waals surface area contributed by atoms with Crippen LogP contribution in [0.5, 0.6) is 5.75 Å². The van der Waals surface area contributed by atoms with Crippen molar-refractivity contribution in [3.8, 4) is 5.75 Å². The highest BCUT2D eigenvalue weighted by Gasteiger charge is 2.44. The van der Waals surface area contributed by atoms with Crippen LogP contribution in [0.25, 0.3) is 0 Å². The van der Waals surface area contributed by atoms with Crippen molar-refractivity contribution in [2.75, 3.05) is 19.0 Å². The zero-order valence-electron chi connectivity index (χ0n) is 19.1. The molecule has 1 aliphatic heterocycles. The highest BCUT2D eigenvalue weighted by Crippen LogP contribution is 2.45. The number of thiophene rings is 1. The van der Waals surface area contributed by atoms with Crippen molar-refractivity contribution in [1.29, 1.82) is 0 Å². The van der Waals surface area contributed by atoms with E-state index in [4.69, 9.17) is 4.74 Å². The van der Waals surface area contributed by atoms with Crippen LogP contribution in [0.2, 0.25) is 0 Å². The third-order valence-electron chi connectivity index (χ3n) is 5.77. The highest BCUT2D eigenvalue weighted by atomic mass is 32.1. The van der Waals surface area contributed by atoms with E-state index in [-0.39, 0.29) is 29.1 Å². The number of non-ortho nitro benzene ring substituents is 1. The van der Waals surface area contributed by atoms with Crippen LogP contribution in [-0.4, -0.2) is 35.3 Å². The maximum atomic E-state index is 13.9. The summed E-state index contributed by atoms with van der Waals surface area (Å²) in [6.07, 6.45) is 0. The first-order valence-corrected chi connectivity index (χ1v) is 11.8. The number of nitro benzene ring substituents is 1. The summed E-state index contributed by atoms with van der Waals surface area (Å²) in [5.41, 5.74) is 1.16. The van der Waals surface area contributed by atoms with Gasteiger partial charge in [0.2, 0.25) is 5.91 Å². The van der Waals surface area contributed by atoms with Gasteiger partial charge in [-0.2, -0.15) is 0 Å². The largest absolute Gasteiger partial charge is 0.495 e. The highest BCUT2D eigenvalue weighted by molar-refractivity contribution is 7.10. The van der Waals surface area contributed by atoms with Crippen LogP contribution in [0.15, 0.2) is 60.0 Å². The Morgan fingerprint density at radius 2 is 1.97 bits per heavy atom. The minimum absolute atomic E-state index is 0.111. The summed E-state index contributed by atoms with van der Waals surface area (Å²) in [6.45, 7) is 4.55. The number of nitrogens with zero attached hydrogens (tertiary/aromatic N) is 2. The maximum Gasteiger partial charge on any atom is 0.271 e. The monoisotopic (exact) mass is 479 g/mol. The molecule has 2 unspecified atom stereocenters. The number of nitro groups is 1. The van der Waals surface area contributed by atoms with Gasteiger partial charge in [0, 0.05) is 29.1 Å². The van der Waals surface area contributed by atoms with E-state index in [9.17, 15) is 19.7 Å². The summed E-state index contributed by atoms with van der Waals surface area (Å²) in [5.74, 6) is -0.691. The molecular weight excluding hydrogens is 454 g/mol. The number of methoxy groups -OCH3 is 1. The van der Waals surface area contributed by atoms with Crippen molar-refractivity contribution in [2.24, 2.45) is 5.92 Å². The number of carbonyl (C=O) groups excluding carboxylic acids is 2. The lowest BCUT2D eigenvalue weighted by Gasteiger charge is -2.42. The molecule has 2 amide bonds. The lowest BCUT2D eigenvalue weighted by molar-refractivity contribution is -0.384. The molecule has 34 heavy (non-hydrogen) atoms. The molecule has 2 heterocycles. The molecule has 2 atom stereocenters. The number of carbonyl (C=O) groups is 2. The van der Waals surface area contributed by atoms with Gasteiger partial charge in [-0.15, -0.1) is 11.3 Å². The number of nitrogens with one attached hydrogen (secondary N) is 1. The number of ether oxygens (including phenoxy) is 1. The average Bonchev–Trinajstić information content (AvgIpc) is 3.34. The summed E-state index contributed by atoms with van der Waals surface area (Å²) in [6, 6.07) is 14.5. The predicted molar refractivity (Wildman–Crippen MR) is 130 cm³/mol. The molecule has 0 radical (unpaired) electrons. The third kappa shape index (κ3) is 4.38. The van der Waals surface area contributed by atoms with Crippen molar-refractivity contribution >= 4 is 34.5 Å². The predicted octanol–water partition coefficient (Wildman–Crippen LogP) is 5.24.